The van der Waals surface area contributed by atoms with Crippen LogP contribution in [0.15, 0.2) is 29.8 Å². The van der Waals surface area contributed by atoms with Crippen molar-refractivity contribution in [3.05, 3.63) is 62.5 Å². The van der Waals surface area contributed by atoms with Crippen molar-refractivity contribution in [2.75, 3.05) is 25.6 Å². The molecule has 1 heterocycles. The van der Waals surface area contributed by atoms with Crippen LogP contribution in [0.3, 0.4) is 0 Å². The standard InChI is InChI=1S/C22H21F3N4O6/c1-13-8-15(14(2)28(13)6-7-34-3)9-16(11-26)21(31)35-12-20(30)27-19-5-4-17(29(32)33)10-18(19)22(23,24)25/h4-5,8-10H,6-7,12H2,1-3H3,(H,27,30)/b16-9+. The van der Waals surface area contributed by atoms with E-state index in [0.717, 1.165) is 23.5 Å². The molecule has 0 aliphatic heterocycles. The van der Waals surface area contributed by atoms with Crippen molar-refractivity contribution >= 4 is 29.3 Å². The van der Waals surface area contributed by atoms with E-state index in [0.29, 0.717) is 18.7 Å². The van der Waals surface area contributed by atoms with Crippen molar-refractivity contribution in [2.45, 2.75) is 26.6 Å². The van der Waals surface area contributed by atoms with Crippen LogP contribution in [0.2, 0.25) is 0 Å². The van der Waals surface area contributed by atoms with Crippen molar-refractivity contribution in [1.82, 2.24) is 4.57 Å². The number of hydrogen-bond donors (Lipinski definition) is 1. The molecule has 0 unspecified atom stereocenters. The van der Waals surface area contributed by atoms with Crippen LogP contribution >= 0.6 is 0 Å². The van der Waals surface area contributed by atoms with E-state index in [9.17, 15) is 38.1 Å². The van der Waals surface area contributed by atoms with Gasteiger partial charge in [0.2, 0.25) is 0 Å². The Morgan fingerprint density at radius 3 is 2.54 bits per heavy atom. The zero-order valence-electron chi connectivity index (χ0n) is 18.9. The van der Waals surface area contributed by atoms with Crippen molar-refractivity contribution < 1.29 is 37.2 Å². The molecular weight excluding hydrogens is 473 g/mol. The number of anilines is 1. The fourth-order valence-corrected chi connectivity index (χ4v) is 3.18. The number of carbonyl (C=O) groups excluding carboxylic acids is 2. The second kappa shape index (κ2) is 11.3. The molecule has 2 rings (SSSR count). The predicted molar refractivity (Wildman–Crippen MR) is 117 cm³/mol. The molecule has 1 amide bonds. The van der Waals surface area contributed by atoms with E-state index in [2.05, 4.69) is 0 Å². The van der Waals surface area contributed by atoms with Gasteiger partial charge in [-0.2, -0.15) is 18.4 Å². The zero-order chi connectivity index (χ0) is 26.3. The summed E-state index contributed by atoms with van der Waals surface area (Å²) in [5.74, 6) is -2.28. The number of non-ortho nitro benzene ring substituents is 1. The normalized spacial score (nSPS) is 11.6. The monoisotopic (exact) mass is 494 g/mol. The highest BCUT2D eigenvalue weighted by atomic mass is 19.4. The maximum absolute atomic E-state index is 13.2. The summed E-state index contributed by atoms with van der Waals surface area (Å²) in [5, 5.41) is 22.0. The lowest BCUT2D eigenvalue weighted by molar-refractivity contribution is -0.385. The number of nitro benzene ring substituents is 1. The Morgan fingerprint density at radius 2 is 1.97 bits per heavy atom. The highest BCUT2D eigenvalue weighted by Crippen LogP contribution is 2.37. The lowest BCUT2D eigenvalue weighted by Gasteiger charge is -2.13. The molecule has 0 saturated carbocycles. The number of halogens is 3. The molecule has 0 bridgehead atoms. The minimum atomic E-state index is -4.99. The van der Waals surface area contributed by atoms with E-state index in [-0.39, 0.29) is 6.07 Å². The van der Waals surface area contributed by atoms with Gasteiger partial charge < -0.3 is 19.4 Å². The molecule has 186 valence electrons. The van der Waals surface area contributed by atoms with Crippen molar-refractivity contribution in [2.24, 2.45) is 0 Å². The molecule has 2 aromatic rings. The number of aromatic nitrogens is 1. The van der Waals surface area contributed by atoms with Crippen LogP contribution in [-0.2, 0) is 31.8 Å². The predicted octanol–water partition coefficient (Wildman–Crippen LogP) is 3.77. The number of alkyl halides is 3. The third kappa shape index (κ3) is 6.90. The number of nitrogens with zero attached hydrogens (tertiary/aromatic N) is 3. The Morgan fingerprint density at radius 1 is 1.29 bits per heavy atom. The molecule has 0 saturated heterocycles. The SMILES string of the molecule is COCCn1c(C)cc(/C=C(\C#N)C(=O)OCC(=O)Nc2ccc([N+](=O)[O-])cc2C(F)(F)F)c1C. The number of rotatable bonds is 9. The van der Waals surface area contributed by atoms with Crippen LogP contribution in [0.25, 0.3) is 6.08 Å². The first-order valence-corrected chi connectivity index (χ1v) is 9.99. The summed E-state index contributed by atoms with van der Waals surface area (Å²) < 4.78 is 51.5. The third-order valence-corrected chi connectivity index (χ3v) is 4.90. The van der Waals surface area contributed by atoms with Crippen LogP contribution < -0.4 is 5.32 Å². The van der Waals surface area contributed by atoms with Crippen molar-refractivity contribution in [3.8, 4) is 6.07 Å². The Kier molecular flexibility index (Phi) is 8.74. The van der Waals surface area contributed by atoms with Crippen LogP contribution in [0, 0.1) is 35.3 Å². The van der Waals surface area contributed by atoms with Crippen LogP contribution in [0.4, 0.5) is 24.5 Å². The number of carbonyl (C=O) groups is 2. The molecule has 0 atom stereocenters. The van der Waals surface area contributed by atoms with Crippen LogP contribution in [-0.4, -0.2) is 41.7 Å². The lowest BCUT2D eigenvalue weighted by Crippen LogP contribution is -2.23. The molecule has 0 fully saturated rings. The molecule has 0 aliphatic carbocycles. The summed E-state index contributed by atoms with van der Waals surface area (Å²) in [5.41, 5.74) is -1.23. The average Bonchev–Trinajstić information content (AvgIpc) is 3.05. The number of nitro groups is 1. The molecule has 1 N–H and O–H groups in total. The maximum Gasteiger partial charge on any atom is 0.418 e. The highest BCUT2D eigenvalue weighted by Gasteiger charge is 2.35. The fraction of sp³-hybridized carbons (Fsp3) is 0.318. The minimum Gasteiger partial charge on any atom is -0.451 e. The number of nitriles is 1. The summed E-state index contributed by atoms with van der Waals surface area (Å²) >= 11 is 0. The minimum absolute atomic E-state index is 0.279. The quantitative estimate of drug-likeness (QED) is 0.184. The van der Waals surface area contributed by atoms with Gasteiger partial charge in [0.15, 0.2) is 6.61 Å². The van der Waals surface area contributed by atoms with Gasteiger partial charge in [0.25, 0.3) is 11.6 Å². The largest absolute Gasteiger partial charge is 0.451 e. The van der Waals surface area contributed by atoms with Gasteiger partial charge in [0, 0.05) is 37.2 Å². The van der Waals surface area contributed by atoms with Gasteiger partial charge in [-0.3, -0.25) is 14.9 Å². The fourth-order valence-electron chi connectivity index (χ4n) is 3.18. The van der Waals surface area contributed by atoms with E-state index < -0.39 is 52.1 Å². The second-order valence-corrected chi connectivity index (χ2v) is 7.25. The van der Waals surface area contributed by atoms with Gasteiger partial charge >= 0.3 is 12.1 Å². The molecule has 1 aromatic heterocycles. The first-order chi connectivity index (χ1) is 16.4. The Balaban J connectivity index is 2.13. The summed E-state index contributed by atoms with van der Waals surface area (Å²) in [6.45, 7) is 3.63. The van der Waals surface area contributed by atoms with Gasteiger partial charge in [0.05, 0.1) is 22.8 Å². The zero-order valence-corrected chi connectivity index (χ0v) is 18.9. The van der Waals surface area contributed by atoms with Gasteiger partial charge in [0.1, 0.15) is 11.6 Å². The van der Waals surface area contributed by atoms with Crippen molar-refractivity contribution in [3.63, 3.8) is 0 Å². The van der Waals surface area contributed by atoms with Crippen LogP contribution in [0.1, 0.15) is 22.5 Å². The number of ether oxygens (including phenoxy) is 2. The summed E-state index contributed by atoms with van der Waals surface area (Å²) in [6, 6.07) is 5.21. The number of nitrogens with one attached hydrogen (secondary N) is 1. The Labute approximate surface area is 197 Å². The summed E-state index contributed by atoms with van der Waals surface area (Å²) in [4.78, 5) is 34.1. The smallest absolute Gasteiger partial charge is 0.418 e. The molecular formula is C22H21F3N4O6. The highest BCUT2D eigenvalue weighted by molar-refractivity contribution is 6.00. The molecule has 0 aliphatic rings. The van der Waals surface area contributed by atoms with Gasteiger partial charge in [-0.05, 0) is 37.6 Å². The van der Waals surface area contributed by atoms with Crippen molar-refractivity contribution in [1.29, 1.82) is 5.26 Å². The first kappa shape index (κ1) is 27.1. The van der Waals surface area contributed by atoms with E-state index in [1.54, 1.807) is 26.2 Å². The number of benzene rings is 1. The summed E-state index contributed by atoms with van der Waals surface area (Å²) in [7, 11) is 1.56. The number of esters is 1. The number of methoxy groups -OCH3 is 1. The average molecular weight is 494 g/mol. The van der Waals surface area contributed by atoms with Gasteiger partial charge in [-0.1, -0.05) is 0 Å². The second-order valence-electron chi connectivity index (χ2n) is 7.25. The molecule has 13 heteroatoms. The first-order valence-electron chi connectivity index (χ1n) is 9.99. The van der Waals surface area contributed by atoms with E-state index in [1.807, 2.05) is 16.8 Å². The number of hydrogen-bond acceptors (Lipinski definition) is 7. The van der Waals surface area contributed by atoms with E-state index in [1.165, 1.54) is 6.08 Å². The Hall–Kier alpha value is -4.18. The maximum atomic E-state index is 13.2. The lowest BCUT2D eigenvalue weighted by atomic mass is 10.1. The summed E-state index contributed by atoms with van der Waals surface area (Å²) in [6.07, 6.45) is -3.71. The molecule has 1 aromatic carbocycles. The van der Waals surface area contributed by atoms with Gasteiger partial charge in [-0.15, -0.1) is 0 Å². The molecule has 0 radical (unpaired) electrons. The third-order valence-electron chi connectivity index (χ3n) is 4.90. The van der Waals surface area contributed by atoms with E-state index in [4.69, 9.17) is 9.47 Å². The van der Waals surface area contributed by atoms with Gasteiger partial charge in [-0.25, -0.2) is 4.79 Å². The topological polar surface area (TPSA) is 136 Å². The number of aryl methyl sites for hydroxylation is 1. The van der Waals surface area contributed by atoms with Crippen LogP contribution in [0.5, 0.6) is 0 Å². The van der Waals surface area contributed by atoms with E-state index >= 15 is 0 Å². The Bertz CT molecular complexity index is 1210. The molecule has 10 nitrogen and oxygen atoms in total. The molecule has 35 heavy (non-hydrogen) atoms. The molecule has 0 spiro atoms. The number of amides is 1.